The van der Waals surface area contributed by atoms with Crippen LogP contribution in [0.5, 0.6) is 5.75 Å². The first-order valence-corrected chi connectivity index (χ1v) is 10.4. The van der Waals surface area contributed by atoms with Gasteiger partial charge in [0.2, 0.25) is 5.91 Å². The molecule has 5 heteroatoms. The second-order valence-corrected chi connectivity index (χ2v) is 7.75. The second kappa shape index (κ2) is 8.55. The minimum absolute atomic E-state index is 0.222. The molecule has 2 aromatic carbocycles. The number of nitrogens with two attached hydrogens (primary N) is 1. The highest BCUT2D eigenvalue weighted by molar-refractivity contribution is 5.94. The summed E-state index contributed by atoms with van der Waals surface area (Å²) in [4.78, 5) is 16.4. The zero-order valence-electron chi connectivity index (χ0n) is 16.3. The molecule has 28 heavy (non-hydrogen) atoms. The van der Waals surface area contributed by atoms with Gasteiger partial charge in [-0.1, -0.05) is 6.07 Å². The monoisotopic (exact) mass is 379 g/mol. The lowest BCUT2D eigenvalue weighted by Crippen LogP contribution is -2.43. The van der Waals surface area contributed by atoms with Crippen molar-refractivity contribution in [2.75, 3.05) is 35.2 Å². The summed E-state index contributed by atoms with van der Waals surface area (Å²) in [6.45, 7) is 2.50. The minimum atomic E-state index is 0.222. The molecular weight excluding hydrogens is 350 g/mol. The van der Waals surface area contributed by atoms with E-state index in [2.05, 4.69) is 11.0 Å². The number of carbonyl (C=O) groups is 1. The van der Waals surface area contributed by atoms with Gasteiger partial charge in [0.1, 0.15) is 12.4 Å². The van der Waals surface area contributed by atoms with Crippen LogP contribution >= 0.6 is 0 Å². The Hall–Kier alpha value is -2.69. The Kier molecular flexibility index (Phi) is 5.70. The largest absolute Gasteiger partial charge is 0.491 e. The third kappa shape index (κ3) is 4.24. The van der Waals surface area contributed by atoms with Crippen molar-refractivity contribution in [3.05, 3.63) is 48.5 Å². The van der Waals surface area contributed by atoms with E-state index >= 15 is 0 Å². The van der Waals surface area contributed by atoms with Gasteiger partial charge < -0.3 is 20.3 Å². The fourth-order valence-electron chi connectivity index (χ4n) is 4.21. The van der Waals surface area contributed by atoms with Gasteiger partial charge >= 0.3 is 0 Å². The van der Waals surface area contributed by atoms with Crippen molar-refractivity contribution in [3.8, 4) is 5.75 Å². The van der Waals surface area contributed by atoms with Gasteiger partial charge in [-0.3, -0.25) is 4.79 Å². The van der Waals surface area contributed by atoms with Crippen LogP contribution in [0.4, 0.5) is 17.1 Å². The second-order valence-electron chi connectivity index (χ2n) is 7.75. The van der Waals surface area contributed by atoms with Gasteiger partial charge in [0, 0.05) is 36.6 Å². The van der Waals surface area contributed by atoms with Crippen LogP contribution in [-0.2, 0) is 4.79 Å². The van der Waals surface area contributed by atoms with E-state index < -0.39 is 0 Å². The number of amides is 1. The van der Waals surface area contributed by atoms with Crippen LogP contribution in [0, 0.1) is 0 Å². The van der Waals surface area contributed by atoms with E-state index in [-0.39, 0.29) is 5.91 Å². The Morgan fingerprint density at radius 1 is 0.964 bits per heavy atom. The van der Waals surface area contributed by atoms with Crippen LogP contribution in [0.15, 0.2) is 48.5 Å². The third-order valence-corrected chi connectivity index (χ3v) is 5.74. The molecule has 1 unspecified atom stereocenters. The van der Waals surface area contributed by atoms with Crippen LogP contribution in [0.1, 0.15) is 38.5 Å². The number of hydrogen-bond acceptors (Lipinski definition) is 4. The fourth-order valence-corrected chi connectivity index (χ4v) is 4.21. The normalized spacial score (nSPS) is 20.3. The molecule has 2 aromatic rings. The highest BCUT2D eigenvalue weighted by Gasteiger charge is 2.24. The van der Waals surface area contributed by atoms with Crippen molar-refractivity contribution < 1.29 is 9.53 Å². The number of anilines is 3. The SMILES string of the molecule is Nc1cccc(N2CCCCC2COc2ccc(N3CCCCC3=O)cc2)c1. The third-order valence-electron chi connectivity index (χ3n) is 5.74. The lowest BCUT2D eigenvalue weighted by molar-refractivity contribution is -0.119. The van der Waals surface area contributed by atoms with Gasteiger partial charge in [0.25, 0.3) is 0 Å². The number of piperidine rings is 2. The number of rotatable bonds is 5. The summed E-state index contributed by atoms with van der Waals surface area (Å²) in [5, 5.41) is 0. The zero-order valence-corrected chi connectivity index (χ0v) is 16.3. The van der Waals surface area contributed by atoms with Gasteiger partial charge in [0.15, 0.2) is 0 Å². The zero-order chi connectivity index (χ0) is 19.3. The summed E-state index contributed by atoms with van der Waals surface area (Å²) in [7, 11) is 0. The van der Waals surface area contributed by atoms with E-state index in [1.165, 1.54) is 18.5 Å². The number of nitrogen functional groups attached to an aromatic ring is 1. The highest BCUT2D eigenvalue weighted by atomic mass is 16.5. The molecule has 2 aliphatic rings. The Labute approximate surface area is 167 Å². The molecule has 0 spiro atoms. The van der Waals surface area contributed by atoms with E-state index in [1.807, 2.05) is 47.4 Å². The van der Waals surface area contributed by atoms with Crippen LogP contribution in [0.25, 0.3) is 0 Å². The molecule has 148 valence electrons. The molecule has 1 atom stereocenters. The quantitative estimate of drug-likeness (QED) is 0.790. The number of benzene rings is 2. The maximum Gasteiger partial charge on any atom is 0.226 e. The molecule has 2 aliphatic heterocycles. The molecule has 2 saturated heterocycles. The Balaban J connectivity index is 1.39. The Morgan fingerprint density at radius 3 is 2.57 bits per heavy atom. The summed E-state index contributed by atoms with van der Waals surface area (Å²) < 4.78 is 6.12. The van der Waals surface area contributed by atoms with Gasteiger partial charge in [-0.2, -0.15) is 0 Å². The average molecular weight is 380 g/mol. The Morgan fingerprint density at radius 2 is 1.79 bits per heavy atom. The van der Waals surface area contributed by atoms with Crippen molar-refractivity contribution in [2.45, 2.75) is 44.6 Å². The molecule has 0 aliphatic carbocycles. The van der Waals surface area contributed by atoms with Crippen LogP contribution < -0.4 is 20.3 Å². The summed E-state index contributed by atoms with van der Waals surface area (Å²) in [6.07, 6.45) is 6.27. The van der Waals surface area contributed by atoms with Crippen molar-refractivity contribution >= 4 is 23.0 Å². The number of hydrogen-bond donors (Lipinski definition) is 1. The average Bonchev–Trinajstić information content (AvgIpc) is 2.73. The molecule has 0 saturated carbocycles. The first kappa shape index (κ1) is 18.7. The molecule has 2 heterocycles. The van der Waals surface area contributed by atoms with Crippen molar-refractivity contribution in [1.29, 1.82) is 0 Å². The number of carbonyl (C=O) groups excluding carboxylic acids is 1. The van der Waals surface area contributed by atoms with Crippen molar-refractivity contribution in [1.82, 2.24) is 0 Å². The smallest absolute Gasteiger partial charge is 0.226 e. The van der Waals surface area contributed by atoms with Gasteiger partial charge in [-0.15, -0.1) is 0 Å². The molecule has 0 bridgehead atoms. The number of nitrogens with zero attached hydrogens (tertiary/aromatic N) is 2. The molecule has 1 amide bonds. The molecule has 0 radical (unpaired) electrons. The first-order chi connectivity index (χ1) is 13.7. The van der Waals surface area contributed by atoms with Crippen molar-refractivity contribution in [3.63, 3.8) is 0 Å². The first-order valence-electron chi connectivity index (χ1n) is 10.4. The minimum Gasteiger partial charge on any atom is -0.491 e. The highest BCUT2D eigenvalue weighted by Crippen LogP contribution is 2.28. The summed E-state index contributed by atoms with van der Waals surface area (Å²) in [6, 6.07) is 16.4. The van der Waals surface area contributed by atoms with Gasteiger partial charge in [-0.25, -0.2) is 0 Å². The van der Waals surface area contributed by atoms with E-state index in [1.54, 1.807) is 0 Å². The standard InChI is InChI=1S/C23H29N3O2/c24-18-6-5-8-20(16-18)25-14-3-1-7-21(25)17-28-22-12-10-19(11-13-22)26-15-4-2-9-23(26)27/h5-6,8,10-13,16,21H,1-4,7,9,14-15,17,24H2. The molecule has 2 N–H and O–H groups in total. The van der Waals surface area contributed by atoms with E-state index in [4.69, 9.17) is 10.5 Å². The predicted octanol–water partition coefficient (Wildman–Crippen LogP) is 4.22. The fraction of sp³-hybridized carbons (Fsp3) is 0.435. The predicted molar refractivity (Wildman–Crippen MR) is 114 cm³/mol. The summed E-state index contributed by atoms with van der Waals surface area (Å²) >= 11 is 0. The van der Waals surface area contributed by atoms with E-state index in [0.717, 1.165) is 49.5 Å². The maximum atomic E-state index is 12.1. The lowest BCUT2D eigenvalue weighted by atomic mass is 10.0. The van der Waals surface area contributed by atoms with Gasteiger partial charge in [-0.05, 0) is 74.6 Å². The molecule has 0 aromatic heterocycles. The van der Waals surface area contributed by atoms with E-state index in [9.17, 15) is 4.79 Å². The topological polar surface area (TPSA) is 58.8 Å². The van der Waals surface area contributed by atoms with Crippen molar-refractivity contribution in [2.24, 2.45) is 0 Å². The molecule has 2 fully saturated rings. The Bertz CT molecular complexity index is 806. The molecule has 5 nitrogen and oxygen atoms in total. The van der Waals surface area contributed by atoms with Crippen LogP contribution in [0.2, 0.25) is 0 Å². The lowest BCUT2D eigenvalue weighted by Gasteiger charge is -2.37. The van der Waals surface area contributed by atoms with Crippen LogP contribution in [-0.4, -0.2) is 31.6 Å². The summed E-state index contributed by atoms with van der Waals surface area (Å²) in [5.74, 6) is 1.08. The number of ether oxygens (including phenoxy) is 1. The van der Waals surface area contributed by atoms with Crippen LogP contribution in [0.3, 0.4) is 0 Å². The maximum absolute atomic E-state index is 12.1. The summed E-state index contributed by atoms with van der Waals surface area (Å²) in [5.41, 5.74) is 8.91. The molecule has 4 rings (SSSR count). The molecular formula is C23H29N3O2. The van der Waals surface area contributed by atoms with Gasteiger partial charge in [0.05, 0.1) is 6.04 Å². The van der Waals surface area contributed by atoms with E-state index in [0.29, 0.717) is 19.1 Å².